The van der Waals surface area contributed by atoms with Gasteiger partial charge >= 0.3 is 0 Å². The largest absolute Gasteiger partial charge is 0.331 e. The summed E-state index contributed by atoms with van der Waals surface area (Å²) in [5.74, 6) is -0.0279. The molecular weight excluding hydrogens is 350 g/mol. The Morgan fingerprint density at radius 3 is 2.69 bits per heavy atom. The third-order valence-electron chi connectivity index (χ3n) is 4.63. The number of benzene rings is 1. The van der Waals surface area contributed by atoms with E-state index in [1.165, 1.54) is 0 Å². The number of fused-ring (bicyclic) bond motifs is 1. The number of carbonyl (C=O) groups excluding carboxylic acids is 1. The Labute approximate surface area is 157 Å². The highest BCUT2D eigenvalue weighted by Gasteiger charge is 2.23. The molecule has 0 aliphatic carbocycles. The maximum absolute atomic E-state index is 12.8. The van der Waals surface area contributed by atoms with Crippen molar-refractivity contribution in [3.05, 3.63) is 59.0 Å². The van der Waals surface area contributed by atoms with Gasteiger partial charge in [-0.3, -0.25) is 14.2 Å². The number of rotatable bonds is 3. The van der Waals surface area contributed by atoms with Crippen molar-refractivity contribution >= 4 is 17.5 Å². The molecule has 0 spiro atoms. The van der Waals surface area contributed by atoms with Gasteiger partial charge < -0.3 is 4.90 Å². The molecule has 6 nitrogen and oxygen atoms in total. The van der Waals surface area contributed by atoms with Crippen molar-refractivity contribution < 1.29 is 4.79 Å². The average molecular weight is 370 g/mol. The second-order valence-electron chi connectivity index (χ2n) is 6.39. The van der Waals surface area contributed by atoms with E-state index in [0.29, 0.717) is 23.8 Å². The summed E-state index contributed by atoms with van der Waals surface area (Å²) in [5, 5.41) is 9.76. The number of amides is 1. The lowest BCUT2D eigenvalue weighted by Gasteiger charge is -2.18. The summed E-state index contributed by atoms with van der Waals surface area (Å²) in [7, 11) is 0. The second kappa shape index (κ2) is 6.96. The van der Waals surface area contributed by atoms with E-state index in [2.05, 4.69) is 11.2 Å². The Morgan fingerprint density at radius 2 is 1.96 bits per heavy atom. The molecule has 1 amide bonds. The van der Waals surface area contributed by atoms with Gasteiger partial charge in [0, 0.05) is 36.4 Å². The molecule has 0 fully saturated rings. The molecule has 1 aromatic carbocycles. The molecule has 1 aliphatic heterocycles. The first-order chi connectivity index (χ1) is 12.6. The molecular formula is C19H20ClN5O. The molecule has 0 bridgehead atoms. The van der Waals surface area contributed by atoms with Gasteiger partial charge in [-0.15, -0.1) is 0 Å². The Kier molecular flexibility index (Phi) is 4.51. The van der Waals surface area contributed by atoms with Crippen molar-refractivity contribution in [1.29, 1.82) is 0 Å². The number of aryl methyl sites for hydroxylation is 2. The van der Waals surface area contributed by atoms with Crippen LogP contribution in [0.25, 0.3) is 11.3 Å². The summed E-state index contributed by atoms with van der Waals surface area (Å²) >= 11 is 5.97. The SMILES string of the molecule is CCn1ccc(C(=O)N2CCCn3nc(-c4ccc(Cl)cc4)cc3C2)n1. The predicted molar refractivity (Wildman–Crippen MR) is 99.9 cm³/mol. The lowest BCUT2D eigenvalue weighted by molar-refractivity contribution is 0.0739. The van der Waals surface area contributed by atoms with Crippen molar-refractivity contribution in [3.8, 4) is 11.3 Å². The van der Waals surface area contributed by atoms with Crippen LogP contribution in [0.5, 0.6) is 0 Å². The third kappa shape index (κ3) is 3.24. The number of hydrogen-bond acceptors (Lipinski definition) is 3. The van der Waals surface area contributed by atoms with Gasteiger partial charge in [0.05, 0.1) is 17.9 Å². The molecule has 1 aliphatic rings. The minimum Gasteiger partial charge on any atom is -0.331 e. The highest BCUT2D eigenvalue weighted by Crippen LogP contribution is 2.24. The quantitative estimate of drug-likeness (QED) is 0.710. The number of halogens is 1. The van der Waals surface area contributed by atoms with Crippen LogP contribution in [0.2, 0.25) is 5.02 Å². The van der Waals surface area contributed by atoms with Crippen LogP contribution in [-0.4, -0.2) is 36.9 Å². The van der Waals surface area contributed by atoms with Crippen LogP contribution in [0.15, 0.2) is 42.6 Å². The van der Waals surface area contributed by atoms with E-state index in [-0.39, 0.29) is 5.91 Å². The lowest BCUT2D eigenvalue weighted by atomic mass is 10.1. The second-order valence-corrected chi connectivity index (χ2v) is 6.82. The highest BCUT2D eigenvalue weighted by molar-refractivity contribution is 6.30. The molecule has 0 unspecified atom stereocenters. The van der Waals surface area contributed by atoms with Gasteiger partial charge in [0.15, 0.2) is 0 Å². The summed E-state index contributed by atoms with van der Waals surface area (Å²) in [4.78, 5) is 14.7. The van der Waals surface area contributed by atoms with E-state index >= 15 is 0 Å². The van der Waals surface area contributed by atoms with Crippen molar-refractivity contribution in [2.75, 3.05) is 6.54 Å². The fraction of sp³-hybridized carbons (Fsp3) is 0.316. The summed E-state index contributed by atoms with van der Waals surface area (Å²) in [5.41, 5.74) is 3.46. The lowest BCUT2D eigenvalue weighted by Crippen LogP contribution is -2.31. The summed E-state index contributed by atoms with van der Waals surface area (Å²) in [6.45, 7) is 4.81. The zero-order chi connectivity index (χ0) is 18.1. The molecule has 4 rings (SSSR count). The van der Waals surface area contributed by atoms with Crippen LogP contribution < -0.4 is 0 Å². The molecule has 3 aromatic rings. The monoisotopic (exact) mass is 369 g/mol. The van der Waals surface area contributed by atoms with Crippen molar-refractivity contribution in [2.24, 2.45) is 0 Å². The first kappa shape index (κ1) is 16.8. The van der Waals surface area contributed by atoms with E-state index in [0.717, 1.165) is 36.5 Å². The molecule has 0 N–H and O–H groups in total. The van der Waals surface area contributed by atoms with Gasteiger partial charge in [0.25, 0.3) is 5.91 Å². The number of nitrogens with zero attached hydrogens (tertiary/aromatic N) is 5. The normalized spacial score (nSPS) is 14.2. The minimum atomic E-state index is -0.0279. The first-order valence-corrected chi connectivity index (χ1v) is 9.17. The topological polar surface area (TPSA) is 56.0 Å². The molecule has 0 atom stereocenters. The van der Waals surface area contributed by atoms with E-state index in [4.69, 9.17) is 16.7 Å². The maximum Gasteiger partial charge on any atom is 0.274 e. The molecule has 26 heavy (non-hydrogen) atoms. The molecule has 0 radical (unpaired) electrons. The first-order valence-electron chi connectivity index (χ1n) is 8.79. The fourth-order valence-corrected chi connectivity index (χ4v) is 3.34. The van der Waals surface area contributed by atoms with Crippen LogP contribution in [0, 0.1) is 0 Å². The number of hydrogen-bond donors (Lipinski definition) is 0. The van der Waals surface area contributed by atoms with Crippen LogP contribution in [0.3, 0.4) is 0 Å². The maximum atomic E-state index is 12.8. The molecule has 7 heteroatoms. The highest BCUT2D eigenvalue weighted by atomic mass is 35.5. The van der Waals surface area contributed by atoms with E-state index < -0.39 is 0 Å². The Balaban J connectivity index is 1.58. The number of carbonyl (C=O) groups is 1. The van der Waals surface area contributed by atoms with Crippen LogP contribution in [0.4, 0.5) is 0 Å². The summed E-state index contributed by atoms with van der Waals surface area (Å²) < 4.78 is 3.77. The van der Waals surface area contributed by atoms with E-state index in [9.17, 15) is 4.79 Å². The standard InChI is InChI=1S/C19H20ClN5O/c1-2-24-11-8-17(21-24)19(26)23-9-3-10-25-16(13-23)12-18(22-25)14-4-6-15(20)7-5-14/h4-8,11-12H,2-3,9-10,13H2,1H3. The van der Waals surface area contributed by atoms with Crippen molar-refractivity contribution in [2.45, 2.75) is 33.0 Å². The van der Waals surface area contributed by atoms with Gasteiger partial charge in [-0.05, 0) is 37.6 Å². The minimum absolute atomic E-state index is 0.0279. The fourth-order valence-electron chi connectivity index (χ4n) is 3.21. The summed E-state index contributed by atoms with van der Waals surface area (Å²) in [6.07, 6.45) is 2.71. The molecule has 2 aromatic heterocycles. The van der Waals surface area contributed by atoms with Gasteiger partial charge in [0.1, 0.15) is 5.69 Å². The van der Waals surface area contributed by atoms with Crippen LogP contribution in [-0.2, 0) is 19.6 Å². The smallest absolute Gasteiger partial charge is 0.274 e. The van der Waals surface area contributed by atoms with Crippen LogP contribution >= 0.6 is 11.6 Å². The zero-order valence-electron chi connectivity index (χ0n) is 14.6. The number of aromatic nitrogens is 4. The van der Waals surface area contributed by atoms with Gasteiger partial charge in [-0.2, -0.15) is 10.2 Å². The third-order valence-corrected chi connectivity index (χ3v) is 4.88. The van der Waals surface area contributed by atoms with E-state index in [1.54, 1.807) is 10.7 Å². The van der Waals surface area contributed by atoms with Crippen molar-refractivity contribution in [1.82, 2.24) is 24.5 Å². The summed E-state index contributed by atoms with van der Waals surface area (Å²) in [6, 6.07) is 11.5. The Hall–Kier alpha value is -2.60. The molecule has 0 saturated carbocycles. The Bertz CT molecular complexity index is 928. The Morgan fingerprint density at radius 1 is 1.15 bits per heavy atom. The molecule has 3 heterocycles. The molecule has 0 saturated heterocycles. The zero-order valence-corrected chi connectivity index (χ0v) is 15.4. The van der Waals surface area contributed by atoms with E-state index in [1.807, 2.05) is 47.0 Å². The average Bonchev–Trinajstić information content (AvgIpc) is 3.24. The van der Waals surface area contributed by atoms with Crippen LogP contribution in [0.1, 0.15) is 29.5 Å². The van der Waals surface area contributed by atoms with Crippen molar-refractivity contribution in [3.63, 3.8) is 0 Å². The van der Waals surface area contributed by atoms with Gasteiger partial charge in [0.2, 0.25) is 0 Å². The molecule has 134 valence electrons. The predicted octanol–water partition coefficient (Wildman–Crippen LogP) is 3.47. The van der Waals surface area contributed by atoms with Gasteiger partial charge in [-0.25, -0.2) is 0 Å². The van der Waals surface area contributed by atoms with Gasteiger partial charge in [-0.1, -0.05) is 23.7 Å².